The highest BCUT2D eigenvalue weighted by Crippen LogP contribution is 2.30. The lowest BCUT2D eigenvalue weighted by Crippen LogP contribution is -2.47. The second-order valence-electron chi connectivity index (χ2n) is 6.04. The van der Waals surface area contributed by atoms with Crippen molar-refractivity contribution in [3.8, 4) is 0 Å². The summed E-state index contributed by atoms with van der Waals surface area (Å²) in [6, 6.07) is 3.85. The Balaban J connectivity index is 1.99. The molecular formula is C16H19N3O6. The van der Waals surface area contributed by atoms with Crippen molar-refractivity contribution in [2.24, 2.45) is 11.8 Å². The molecule has 9 heteroatoms. The number of carbonyl (C=O) groups excluding carboxylic acids is 2. The smallest absolute Gasteiger partial charge is 0.307 e. The van der Waals surface area contributed by atoms with Gasteiger partial charge >= 0.3 is 5.97 Å². The van der Waals surface area contributed by atoms with E-state index in [1.807, 2.05) is 0 Å². The lowest BCUT2D eigenvalue weighted by atomic mass is 9.79. The van der Waals surface area contributed by atoms with Crippen molar-refractivity contribution in [2.45, 2.75) is 32.6 Å². The Morgan fingerprint density at radius 1 is 1.16 bits per heavy atom. The first-order valence-corrected chi connectivity index (χ1v) is 7.89. The highest BCUT2D eigenvalue weighted by Gasteiger charge is 2.35. The van der Waals surface area contributed by atoms with Crippen LogP contribution in [0.1, 0.15) is 41.6 Å². The molecule has 25 heavy (non-hydrogen) atoms. The molecule has 0 unspecified atom stereocenters. The first kappa shape index (κ1) is 18.4. The molecule has 1 saturated carbocycles. The van der Waals surface area contributed by atoms with Crippen molar-refractivity contribution >= 4 is 23.5 Å². The zero-order chi connectivity index (χ0) is 18.6. The monoisotopic (exact) mass is 349 g/mol. The van der Waals surface area contributed by atoms with Gasteiger partial charge in [-0.15, -0.1) is 0 Å². The van der Waals surface area contributed by atoms with Gasteiger partial charge < -0.3 is 5.11 Å². The van der Waals surface area contributed by atoms with Crippen molar-refractivity contribution in [1.82, 2.24) is 10.9 Å². The Bertz CT molecular complexity index is 718. The molecule has 1 fully saturated rings. The third-order valence-electron chi connectivity index (χ3n) is 4.37. The molecule has 1 aromatic rings. The number of nitro benzene ring substituents is 1. The van der Waals surface area contributed by atoms with E-state index in [1.54, 1.807) is 0 Å². The number of nitrogens with one attached hydrogen (secondary N) is 2. The summed E-state index contributed by atoms with van der Waals surface area (Å²) < 4.78 is 0. The van der Waals surface area contributed by atoms with Gasteiger partial charge in [0, 0.05) is 17.2 Å². The van der Waals surface area contributed by atoms with Crippen molar-refractivity contribution in [3.63, 3.8) is 0 Å². The molecule has 3 N–H and O–H groups in total. The summed E-state index contributed by atoms with van der Waals surface area (Å²) in [6.07, 6.45) is 2.41. The minimum Gasteiger partial charge on any atom is -0.481 e. The van der Waals surface area contributed by atoms with Gasteiger partial charge in [0.1, 0.15) is 0 Å². The molecule has 1 aromatic carbocycles. The SMILES string of the molecule is Cc1cc(C(=O)NNC(=O)[C@@H]2CCCC[C@H]2C(=O)O)ccc1[N+](=O)[O-]. The summed E-state index contributed by atoms with van der Waals surface area (Å²) in [5.41, 5.74) is 4.86. The number of rotatable bonds is 4. The van der Waals surface area contributed by atoms with Crippen LogP contribution >= 0.6 is 0 Å². The maximum atomic E-state index is 12.2. The predicted molar refractivity (Wildman–Crippen MR) is 86.5 cm³/mol. The fraction of sp³-hybridized carbons (Fsp3) is 0.438. The van der Waals surface area contributed by atoms with Crippen molar-refractivity contribution in [1.29, 1.82) is 0 Å². The third-order valence-corrected chi connectivity index (χ3v) is 4.37. The Labute approximate surface area is 143 Å². The van der Waals surface area contributed by atoms with Gasteiger partial charge in [-0.2, -0.15) is 0 Å². The largest absolute Gasteiger partial charge is 0.481 e. The van der Waals surface area contributed by atoms with Crippen LogP contribution in [-0.2, 0) is 9.59 Å². The van der Waals surface area contributed by atoms with Crippen LogP contribution < -0.4 is 10.9 Å². The van der Waals surface area contributed by atoms with Crippen LogP contribution in [0.5, 0.6) is 0 Å². The molecule has 0 aromatic heterocycles. The summed E-state index contributed by atoms with van der Waals surface area (Å²) in [7, 11) is 0. The van der Waals surface area contributed by atoms with Gasteiger partial charge in [0.15, 0.2) is 0 Å². The van der Waals surface area contributed by atoms with Gasteiger partial charge in [0.2, 0.25) is 5.91 Å². The number of hydrazine groups is 1. The first-order valence-electron chi connectivity index (χ1n) is 7.89. The van der Waals surface area contributed by atoms with E-state index in [4.69, 9.17) is 0 Å². The summed E-state index contributed by atoms with van der Waals surface area (Å²) in [6.45, 7) is 1.51. The molecule has 9 nitrogen and oxygen atoms in total. The number of hydrogen-bond donors (Lipinski definition) is 3. The van der Waals surface area contributed by atoms with E-state index >= 15 is 0 Å². The Hall–Kier alpha value is -2.97. The van der Waals surface area contributed by atoms with Gasteiger partial charge in [-0.25, -0.2) is 0 Å². The number of nitro groups is 1. The quantitative estimate of drug-likeness (QED) is 0.557. The van der Waals surface area contributed by atoms with Crippen LogP contribution in [0.15, 0.2) is 18.2 Å². The lowest BCUT2D eigenvalue weighted by Gasteiger charge is -2.27. The number of carbonyl (C=O) groups is 3. The first-order chi connectivity index (χ1) is 11.8. The van der Waals surface area contributed by atoms with Crippen LogP contribution in [0, 0.1) is 28.9 Å². The van der Waals surface area contributed by atoms with Gasteiger partial charge in [-0.1, -0.05) is 12.8 Å². The van der Waals surface area contributed by atoms with Gasteiger partial charge in [0.25, 0.3) is 11.6 Å². The predicted octanol–water partition coefficient (Wildman–Crippen LogP) is 1.56. The normalized spacial score (nSPS) is 19.7. The Morgan fingerprint density at radius 3 is 2.36 bits per heavy atom. The van der Waals surface area contributed by atoms with Crippen LogP contribution in [0.4, 0.5) is 5.69 Å². The van der Waals surface area contributed by atoms with E-state index in [1.165, 1.54) is 25.1 Å². The molecule has 0 bridgehead atoms. The van der Waals surface area contributed by atoms with E-state index < -0.39 is 34.5 Å². The fourth-order valence-electron chi connectivity index (χ4n) is 3.03. The molecule has 0 heterocycles. The molecule has 0 saturated heterocycles. The summed E-state index contributed by atoms with van der Waals surface area (Å²) in [5.74, 6) is -3.64. The van der Waals surface area contributed by atoms with Gasteiger partial charge in [-0.3, -0.25) is 35.3 Å². The number of amides is 2. The summed E-state index contributed by atoms with van der Waals surface area (Å²) in [5, 5.41) is 20.0. The average molecular weight is 349 g/mol. The minimum atomic E-state index is -1.02. The molecule has 1 aliphatic carbocycles. The number of carboxylic acid groups (broad SMARTS) is 1. The average Bonchev–Trinajstić information content (AvgIpc) is 2.58. The molecule has 0 spiro atoms. The van der Waals surface area contributed by atoms with E-state index in [-0.39, 0.29) is 11.3 Å². The van der Waals surface area contributed by atoms with Crippen LogP contribution in [-0.4, -0.2) is 27.8 Å². The molecular weight excluding hydrogens is 330 g/mol. The van der Waals surface area contributed by atoms with Gasteiger partial charge in [-0.05, 0) is 31.9 Å². The van der Waals surface area contributed by atoms with Crippen molar-refractivity contribution < 1.29 is 24.4 Å². The number of aliphatic carboxylic acids is 1. The Morgan fingerprint density at radius 2 is 1.80 bits per heavy atom. The summed E-state index contributed by atoms with van der Waals surface area (Å²) >= 11 is 0. The van der Waals surface area contributed by atoms with Gasteiger partial charge in [0.05, 0.1) is 16.8 Å². The highest BCUT2D eigenvalue weighted by atomic mass is 16.6. The second kappa shape index (κ2) is 7.73. The third kappa shape index (κ3) is 4.31. The Kier molecular flexibility index (Phi) is 5.68. The zero-order valence-electron chi connectivity index (χ0n) is 13.7. The topological polar surface area (TPSA) is 139 Å². The number of carboxylic acids is 1. The molecule has 0 aliphatic heterocycles. The molecule has 0 radical (unpaired) electrons. The van der Waals surface area contributed by atoms with Crippen LogP contribution in [0.3, 0.4) is 0 Å². The number of nitrogens with zero attached hydrogens (tertiary/aromatic N) is 1. The molecule has 2 amide bonds. The zero-order valence-corrected chi connectivity index (χ0v) is 13.7. The maximum Gasteiger partial charge on any atom is 0.307 e. The standard InChI is InChI=1S/C16H19N3O6/c1-9-8-10(6-7-13(9)19(24)25)14(20)17-18-15(21)11-4-2-3-5-12(11)16(22)23/h6-8,11-12H,2-5H2,1H3,(H,17,20)(H,18,21)(H,22,23)/t11-,12-/m1/s1. The number of aryl methyl sites for hydroxylation is 1. The van der Waals surface area contributed by atoms with Crippen molar-refractivity contribution in [3.05, 3.63) is 39.4 Å². The van der Waals surface area contributed by atoms with Crippen LogP contribution in [0.25, 0.3) is 0 Å². The molecule has 134 valence electrons. The highest BCUT2D eigenvalue weighted by molar-refractivity contribution is 5.96. The number of hydrogen-bond acceptors (Lipinski definition) is 5. The summed E-state index contributed by atoms with van der Waals surface area (Å²) in [4.78, 5) is 45.7. The van der Waals surface area contributed by atoms with E-state index in [0.29, 0.717) is 18.4 Å². The van der Waals surface area contributed by atoms with Crippen LogP contribution in [0.2, 0.25) is 0 Å². The maximum absolute atomic E-state index is 12.2. The van der Waals surface area contributed by atoms with E-state index in [9.17, 15) is 29.6 Å². The van der Waals surface area contributed by atoms with Crippen molar-refractivity contribution in [2.75, 3.05) is 0 Å². The number of benzene rings is 1. The lowest BCUT2D eigenvalue weighted by molar-refractivity contribution is -0.385. The van der Waals surface area contributed by atoms with E-state index in [0.717, 1.165) is 12.8 Å². The minimum absolute atomic E-state index is 0.105. The van der Waals surface area contributed by atoms with E-state index in [2.05, 4.69) is 10.9 Å². The second-order valence-corrected chi connectivity index (χ2v) is 6.04. The molecule has 2 atom stereocenters. The molecule has 1 aliphatic rings. The fourth-order valence-corrected chi connectivity index (χ4v) is 3.03. The molecule has 2 rings (SSSR count).